The summed E-state index contributed by atoms with van der Waals surface area (Å²) in [6.45, 7) is 5.21. The van der Waals surface area contributed by atoms with Crippen LogP contribution in [0.1, 0.15) is 12.8 Å². The van der Waals surface area contributed by atoms with Crippen molar-refractivity contribution in [1.29, 1.82) is 0 Å². The molecular formula is C12H14BrN3O3. The summed E-state index contributed by atoms with van der Waals surface area (Å²) in [6, 6.07) is 3.58. The largest absolute Gasteiger partial charge is 0.444 e. The predicted molar refractivity (Wildman–Crippen MR) is 70.4 cm³/mol. The Bertz CT molecular complexity index is 554. The first-order chi connectivity index (χ1) is 9.20. The topological polar surface area (TPSA) is 64.5 Å². The number of nitrogens with zero attached hydrogens (tertiary/aromatic N) is 3. The van der Waals surface area contributed by atoms with Crippen LogP contribution in [0.15, 0.2) is 25.6 Å². The van der Waals surface area contributed by atoms with Gasteiger partial charge in [-0.1, -0.05) is 0 Å². The van der Waals surface area contributed by atoms with Gasteiger partial charge < -0.3 is 13.6 Å². The smallest absolute Gasteiger partial charge is 0.283 e. The third kappa shape index (κ3) is 3.05. The molecule has 0 bridgehead atoms. The van der Waals surface area contributed by atoms with Crippen LogP contribution < -0.4 is 0 Å². The molecule has 7 heteroatoms. The number of rotatable bonds is 3. The molecule has 0 radical (unpaired) electrons. The van der Waals surface area contributed by atoms with Crippen LogP contribution in [0.3, 0.4) is 0 Å². The molecule has 1 atom stereocenters. The zero-order valence-electron chi connectivity index (χ0n) is 10.5. The number of halogens is 1. The molecule has 1 unspecified atom stereocenters. The van der Waals surface area contributed by atoms with E-state index < -0.39 is 0 Å². The van der Waals surface area contributed by atoms with E-state index in [9.17, 15) is 0 Å². The average molecular weight is 328 g/mol. The van der Waals surface area contributed by atoms with Crippen molar-refractivity contribution in [2.24, 2.45) is 0 Å². The second-order valence-corrected chi connectivity index (χ2v) is 5.30. The minimum atomic E-state index is 0.247. The normalized spacial score (nSPS) is 20.8. The van der Waals surface area contributed by atoms with Crippen molar-refractivity contribution in [3.63, 3.8) is 0 Å². The Balaban J connectivity index is 1.68. The van der Waals surface area contributed by atoms with Crippen LogP contribution in [0.2, 0.25) is 0 Å². The van der Waals surface area contributed by atoms with Gasteiger partial charge in [0.1, 0.15) is 0 Å². The molecule has 0 saturated carbocycles. The van der Waals surface area contributed by atoms with Crippen LogP contribution in [-0.4, -0.2) is 40.9 Å². The van der Waals surface area contributed by atoms with Crippen molar-refractivity contribution < 1.29 is 13.6 Å². The molecule has 0 aromatic carbocycles. The molecule has 2 aromatic heterocycles. The van der Waals surface area contributed by atoms with E-state index in [0.717, 1.165) is 19.7 Å². The summed E-state index contributed by atoms with van der Waals surface area (Å²) in [5.41, 5.74) is 0. The minimum Gasteiger partial charge on any atom is -0.444 e. The molecule has 19 heavy (non-hydrogen) atoms. The lowest BCUT2D eigenvalue weighted by Gasteiger charge is -2.29. The second-order valence-electron chi connectivity index (χ2n) is 4.52. The van der Waals surface area contributed by atoms with Crippen LogP contribution in [0.5, 0.6) is 0 Å². The van der Waals surface area contributed by atoms with Gasteiger partial charge in [-0.25, -0.2) is 0 Å². The molecule has 1 aliphatic rings. The van der Waals surface area contributed by atoms with Crippen LogP contribution >= 0.6 is 15.9 Å². The van der Waals surface area contributed by atoms with E-state index in [2.05, 4.69) is 38.0 Å². The number of hydrogen-bond acceptors (Lipinski definition) is 6. The average Bonchev–Trinajstić information content (AvgIpc) is 2.98. The highest BCUT2D eigenvalue weighted by atomic mass is 79.9. The van der Waals surface area contributed by atoms with Gasteiger partial charge in [0.2, 0.25) is 5.89 Å². The van der Waals surface area contributed by atoms with Gasteiger partial charge in [0.05, 0.1) is 19.3 Å². The van der Waals surface area contributed by atoms with Gasteiger partial charge in [-0.3, -0.25) is 4.90 Å². The number of ether oxygens (including phenoxy) is 1. The summed E-state index contributed by atoms with van der Waals surface area (Å²) >= 11 is 3.24. The number of furan rings is 1. The van der Waals surface area contributed by atoms with E-state index in [1.807, 2.05) is 0 Å². The van der Waals surface area contributed by atoms with Crippen molar-refractivity contribution in [3.05, 3.63) is 22.7 Å². The molecule has 2 aromatic rings. The molecule has 0 spiro atoms. The van der Waals surface area contributed by atoms with Crippen LogP contribution in [0.25, 0.3) is 11.7 Å². The molecule has 102 valence electrons. The van der Waals surface area contributed by atoms with Gasteiger partial charge in [0, 0.05) is 13.1 Å². The van der Waals surface area contributed by atoms with Gasteiger partial charge in [0.25, 0.3) is 5.89 Å². The summed E-state index contributed by atoms with van der Waals surface area (Å²) in [6.07, 6.45) is 0.247. The Hall–Kier alpha value is -1.18. The SMILES string of the molecule is CC1CN(Cc2nnc(-c3ccc(Br)o3)o2)CCO1. The lowest BCUT2D eigenvalue weighted by molar-refractivity contribution is -0.0235. The minimum absolute atomic E-state index is 0.247. The number of morpholine rings is 1. The number of aromatic nitrogens is 2. The highest BCUT2D eigenvalue weighted by molar-refractivity contribution is 9.10. The highest BCUT2D eigenvalue weighted by Crippen LogP contribution is 2.24. The molecule has 1 saturated heterocycles. The van der Waals surface area contributed by atoms with Crippen molar-refractivity contribution in [1.82, 2.24) is 15.1 Å². The number of hydrogen-bond donors (Lipinski definition) is 0. The monoisotopic (exact) mass is 327 g/mol. The fraction of sp³-hybridized carbons (Fsp3) is 0.500. The molecule has 0 N–H and O–H groups in total. The maximum atomic E-state index is 5.60. The van der Waals surface area contributed by atoms with E-state index >= 15 is 0 Å². The summed E-state index contributed by atoms with van der Waals surface area (Å²) in [7, 11) is 0. The molecule has 3 heterocycles. The van der Waals surface area contributed by atoms with E-state index in [1.165, 1.54) is 0 Å². The summed E-state index contributed by atoms with van der Waals surface area (Å²) in [5, 5.41) is 8.04. The van der Waals surface area contributed by atoms with E-state index in [-0.39, 0.29) is 6.10 Å². The predicted octanol–water partition coefficient (Wildman–Crippen LogP) is 2.31. The van der Waals surface area contributed by atoms with Gasteiger partial charge in [-0.05, 0) is 35.0 Å². The van der Waals surface area contributed by atoms with Crippen molar-refractivity contribution >= 4 is 15.9 Å². The van der Waals surface area contributed by atoms with Gasteiger partial charge in [-0.15, -0.1) is 10.2 Å². The molecule has 3 rings (SSSR count). The molecule has 0 aliphatic carbocycles. The van der Waals surface area contributed by atoms with E-state index in [1.54, 1.807) is 12.1 Å². The van der Waals surface area contributed by atoms with Crippen molar-refractivity contribution in [2.45, 2.75) is 19.6 Å². The molecular weight excluding hydrogens is 314 g/mol. The van der Waals surface area contributed by atoms with E-state index in [4.69, 9.17) is 13.6 Å². The van der Waals surface area contributed by atoms with Crippen molar-refractivity contribution in [3.8, 4) is 11.7 Å². The maximum Gasteiger partial charge on any atom is 0.283 e. The quantitative estimate of drug-likeness (QED) is 0.861. The van der Waals surface area contributed by atoms with Crippen molar-refractivity contribution in [2.75, 3.05) is 19.7 Å². The first-order valence-electron chi connectivity index (χ1n) is 6.13. The van der Waals surface area contributed by atoms with Gasteiger partial charge >= 0.3 is 0 Å². The summed E-state index contributed by atoms with van der Waals surface area (Å²) in [5.74, 6) is 1.57. The molecule has 0 amide bonds. The fourth-order valence-electron chi connectivity index (χ4n) is 2.07. The maximum absolute atomic E-state index is 5.60. The summed E-state index contributed by atoms with van der Waals surface area (Å²) < 4.78 is 17.1. The zero-order valence-corrected chi connectivity index (χ0v) is 12.1. The van der Waals surface area contributed by atoms with Crippen LogP contribution in [-0.2, 0) is 11.3 Å². The Morgan fingerprint density at radius 2 is 2.26 bits per heavy atom. The van der Waals surface area contributed by atoms with Gasteiger partial charge in [0.15, 0.2) is 10.4 Å². The third-order valence-electron chi connectivity index (χ3n) is 2.93. The third-order valence-corrected chi connectivity index (χ3v) is 3.36. The fourth-order valence-corrected chi connectivity index (χ4v) is 2.38. The summed E-state index contributed by atoms with van der Waals surface area (Å²) in [4.78, 5) is 2.24. The van der Waals surface area contributed by atoms with Crippen LogP contribution in [0.4, 0.5) is 0 Å². The molecule has 6 nitrogen and oxygen atoms in total. The molecule has 1 fully saturated rings. The Labute approximate surface area is 118 Å². The lowest BCUT2D eigenvalue weighted by Crippen LogP contribution is -2.40. The van der Waals surface area contributed by atoms with Gasteiger partial charge in [-0.2, -0.15) is 0 Å². The zero-order chi connectivity index (χ0) is 13.2. The second kappa shape index (κ2) is 5.44. The first kappa shape index (κ1) is 12.8. The molecule has 1 aliphatic heterocycles. The van der Waals surface area contributed by atoms with E-state index in [0.29, 0.717) is 28.8 Å². The Kier molecular flexibility index (Phi) is 3.67. The first-order valence-corrected chi connectivity index (χ1v) is 6.92. The van der Waals surface area contributed by atoms with Crippen LogP contribution in [0, 0.1) is 0 Å². The Morgan fingerprint density at radius 3 is 3.00 bits per heavy atom. The Morgan fingerprint density at radius 1 is 1.37 bits per heavy atom. The lowest BCUT2D eigenvalue weighted by atomic mass is 10.3. The standard InChI is InChI=1S/C12H14BrN3O3/c1-8-6-16(4-5-17-8)7-11-14-15-12(19-11)9-2-3-10(13)18-9/h2-3,8H,4-7H2,1H3. The highest BCUT2D eigenvalue weighted by Gasteiger charge is 2.20.